The minimum Gasteiger partial charge on any atom is -0.497 e. The predicted octanol–water partition coefficient (Wildman–Crippen LogP) is 3.44. The largest absolute Gasteiger partial charge is 0.497 e. The molecule has 20 heavy (non-hydrogen) atoms. The van der Waals surface area contributed by atoms with Crippen LogP contribution in [0.1, 0.15) is 11.5 Å². The van der Waals surface area contributed by atoms with Crippen molar-refractivity contribution in [3.8, 4) is 11.8 Å². The van der Waals surface area contributed by atoms with Crippen molar-refractivity contribution in [1.29, 1.82) is 5.26 Å². The molecule has 0 aliphatic carbocycles. The molecule has 0 radical (unpaired) electrons. The van der Waals surface area contributed by atoms with Crippen LogP contribution >= 0.6 is 0 Å². The van der Waals surface area contributed by atoms with Gasteiger partial charge in [0.05, 0.1) is 19.1 Å². The highest BCUT2D eigenvalue weighted by Crippen LogP contribution is 2.22. The maximum Gasteiger partial charge on any atom is 0.119 e. The van der Waals surface area contributed by atoms with Gasteiger partial charge in [-0.3, -0.25) is 0 Å². The van der Waals surface area contributed by atoms with E-state index in [1.807, 2.05) is 61.6 Å². The van der Waals surface area contributed by atoms with E-state index in [-0.39, 0.29) is 5.92 Å². The van der Waals surface area contributed by atoms with Gasteiger partial charge in [-0.2, -0.15) is 5.26 Å². The van der Waals surface area contributed by atoms with Crippen molar-refractivity contribution in [3.63, 3.8) is 0 Å². The Morgan fingerprint density at radius 3 is 2.30 bits per heavy atom. The average molecular weight is 266 g/mol. The number of hydrogen-bond acceptors (Lipinski definition) is 3. The number of anilines is 1. The highest BCUT2D eigenvalue weighted by Gasteiger charge is 2.13. The van der Waals surface area contributed by atoms with Gasteiger partial charge in [-0.25, -0.2) is 0 Å². The van der Waals surface area contributed by atoms with Gasteiger partial charge in [-0.15, -0.1) is 0 Å². The maximum atomic E-state index is 9.36. The Kier molecular flexibility index (Phi) is 4.62. The normalized spacial score (nSPS) is 11.4. The lowest BCUT2D eigenvalue weighted by Gasteiger charge is -2.22. The summed E-state index contributed by atoms with van der Waals surface area (Å²) in [5.74, 6) is 0.699. The molecule has 0 spiro atoms. The van der Waals surface area contributed by atoms with E-state index in [9.17, 15) is 5.26 Å². The fourth-order valence-corrected chi connectivity index (χ4v) is 2.12. The molecule has 0 aliphatic rings. The molecule has 0 aliphatic heterocycles. The van der Waals surface area contributed by atoms with Crippen LogP contribution in [0.3, 0.4) is 0 Å². The van der Waals surface area contributed by atoms with Crippen LogP contribution in [0.15, 0.2) is 54.6 Å². The molecule has 0 N–H and O–H groups in total. The number of nitriles is 1. The van der Waals surface area contributed by atoms with Crippen molar-refractivity contribution < 1.29 is 4.74 Å². The first-order chi connectivity index (χ1) is 9.74. The molecule has 2 aromatic rings. The maximum absolute atomic E-state index is 9.36. The molecule has 1 unspecified atom stereocenters. The minimum absolute atomic E-state index is 0.136. The molecule has 0 heterocycles. The van der Waals surface area contributed by atoms with Crippen LogP contribution in [0.4, 0.5) is 5.69 Å². The van der Waals surface area contributed by atoms with Gasteiger partial charge in [0.25, 0.3) is 0 Å². The van der Waals surface area contributed by atoms with E-state index in [2.05, 4.69) is 11.0 Å². The number of rotatable bonds is 5. The van der Waals surface area contributed by atoms with Crippen LogP contribution in [0.2, 0.25) is 0 Å². The van der Waals surface area contributed by atoms with E-state index in [1.165, 1.54) is 0 Å². The molecule has 0 saturated heterocycles. The monoisotopic (exact) mass is 266 g/mol. The van der Waals surface area contributed by atoms with Crippen molar-refractivity contribution in [1.82, 2.24) is 0 Å². The van der Waals surface area contributed by atoms with Crippen molar-refractivity contribution in [3.05, 3.63) is 60.2 Å². The van der Waals surface area contributed by atoms with Gasteiger partial charge in [-0.1, -0.05) is 30.3 Å². The zero-order valence-corrected chi connectivity index (χ0v) is 11.8. The van der Waals surface area contributed by atoms with E-state index in [1.54, 1.807) is 7.11 Å². The molecule has 0 aromatic heterocycles. The molecule has 1 atom stereocenters. The van der Waals surface area contributed by atoms with Gasteiger partial charge in [0.15, 0.2) is 0 Å². The molecular weight excluding hydrogens is 248 g/mol. The van der Waals surface area contributed by atoms with Gasteiger partial charge >= 0.3 is 0 Å². The fourth-order valence-electron chi connectivity index (χ4n) is 2.12. The van der Waals surface area contributed by atoms with E-state index in [0.29, 0.717) is 6.54 Å². The SMILES string of the molecule is COc1ccc(N(C)CC(C#N)c2ccccc2)cc1. The lowest BCUT2D eigenvalue weighted by atomic mass is 10.00. The summed E-state index contributed by atoms with van der Waals surface area (Å²) < 4.78 is 5.15. The van der Waals surface area contributed by atoms with Gasteiger partial charge in [0, 0.05) is 19.3 Å². The van der Waals surface area contributed by atoms with Crippen LogP contribution in [0, 0.1) is 11.3 Å². The minimum atomic E-state index is -0.136. The third kappa shape index (κ3) is 3.30. The van der Waals surface area contributed by atoms with E-state index >= 15 is 0 Å². The summed E-state index contributed by atoms with van der Waals surface area (Å²) in [5, 5.41) is 9.36. The second-order valence-corrected chi connectivity index (χ2v) is 4.67. The molecule has 0 fully saturated rings. The Morgan fingerprint density at radius 2 is 1.75 bits per heavy atom. The topological polar surface area (TPSA) is 36.3 Å². The predicted molar refractivity (Wildman–Crippen MR) is 81.1 cm³/mol. The van der Waals surface area contributed by atoms with Crippen LogP contribution in [-0.2, 0) is 0 Å². The first-order valence-corrected chi connectivity index (χ1v) is 6.54. The molecular formula is C17H18N2O. The summed E-state index contributed by atoms with van der Waals surface area (Å²) >= 11 is 0. The molecule has 0 amide bonds. The molecule has 102 valence electrons. The Hall–Kier alpha value is -2.47. The number of nitrogens with zero attached hydrogens (tertiary/aromatic N) is 2. The van der Waals surface area contributed by atoms with Crippen molar-refractivity contribution >= 4 is 5.69 Å². The van der Waals surface area contributed by atoms with Crippen molar-refractivity contribution in [2.75, 3.05) is 25.6 Å². The highest BCUT2D eigenvalue weighted by atomic mass is 16.5. The number of benzene rings is 2. The summed E-state index contributed by atoms with van der Waals surface area (Å²) in [6, 6.07) is 20.1. The lowest BCUT2D eigenvalue weighted by Crippen LogP contribution is -2.23. The number of ether oxygens (including phenoxy) is 1. The standard InChI is InChI=1S/C17H18N2O/c1-19(16-8-10-17(20-2)11-9-16)13-15(12-18)14-6-4-3-5-7-14/h3-11,15H,13H2,1-2H3. The van der Waals surface area contributed by atoms with Crippen LogP contribution in [0.5, 0.6) is 5.75 Å². The Labute approximate surface area is 120 Å². The smallest absolute Gasteiger partial charge is 0.119 e. The van der Waals surface area contributed by atoms with E-state index in [4.69, 9.17) is 4.74 Å². The first kappa shape index (κ1) is 14.0. The zero-order chi connectivity index (χ0) is 14.4. The summed E-state index contributed by atoms with van der Waals surface area (Å²) in [4.78, 5) is 2.08. The number of methoxy groups -OCH3 is 1. The third-order valence-electron chi connectivity index (χ3n) is 3.33. The molecule has 0 saturated carbocycles. The van der Waals surface area contributed by atoms with Gasteiger partial charge in [0.1, 0.15) is 5.75 Å². The average Bonchev–Trinajstić information content (AvgIpc) is 2.53. The molecule has 2 rings (SSSR count). The Balaban J connectivity index is 2.09. The molecule has 3 heteroatoms. The zero-order valence-electron chi connectivity index (χ0n) is 11.8. The first-order valence-electron chi connectivity index (χ1n) is 6.54. The lowest BCUT2D eigenvalue weighted by molar-refractivity contribution is 0.415. The second kappa shape index (κ2) is 6.63. The summed E-state index contributed by atoms with van der Waals surface area (Å²) in [6.07, 6.45) is 0. The van der Waals surface area contributed by atoms with E-state index in [0.717, 1.165) is 17.0 Å². The third-order valence-corrected chi connectivity index (χ3v) is 3.33. The van der Waals surface area contributed by atoms with Crippen LogP contribution in [0.25, 0.3) is 0 Å². The van der Waals surface area contributed by atoms with E-state index < -0.39 is 0 Å². The summed E-state index contributed by atoms with van der Waals surface area (Å²) in [6.45, 7) is 0.660. The second-order valence-electron chi connectivity index (χ2n) is 4.67. The van der Waals surface area contributed by atoms with Gasteiger partial charge in [-0.05, 0) is 29.8 Å². The Bertz CT molecular complexity index is 572. The fraction of sp³-hybridized carbons (Fsp3) is 0.235. The van der Waals surface area contributed by atoms with Crippen LogP contribution in [-0.4, -0.2) is 20.7 Å². The van der Waals surface area contributed by atoms with Crippen LogP contribution < -0.4 is 9.64 Å². The number of likely N-dealkylation sites (N-methyl/N-ethyl adjacent to an activating group) is 1. The summed E-state index contributed by atoms with van der Waals surface area (Å²) in [5.41, 5.74) is 2.12. The quantitative estimate of drug-likeness (QED) is 0.831. The van der Waals surface area contributed by atoms with Gasteiger partial charge in [0.2, 0.25) is 0 Å². The molecule has 3 nitrogen and oxygen atoms in total. The van der Waals surface area contributed by atoms with Gasteiger partial charge < -0.3 is 9.64 Å². The Morgan fingerprint density at radius 1 is 1.10 bits per heavy atom. The summed E-state index contributed by atoms with van der Waals surface area (Å²) in [7, 11) is 3.65. The number of hydrogen-bond donors (Lipinski definition) is 0. The molecule has 2 aromatic carbocycles. The highest BCUT2D eigenvalue weighted by molar-refractivity contribution is 5.49. The molecule has 0 bridgehead atoms. The van der Waals surface area contributed by atoms with Crippen molar-refractivity contribution in [2.24, 2.45) is 0 Å². The van der Waals surface area contributed by atoms with Crippen molar-refractivity contribution in [2.45, 2.75) is 5.92 Å².